The van der Waals surface area contributed by atoms with E-state index in [2.05, 4.69) is 21.0 Å². The maximum Gasteiger partial charge on any atom is 0.133 e. The fraction of sp³-hybridized carbons (Fsp3) is 0.357. The summed E-state index contributed by atoms with van der Waals surface area (Å²) in [5.41, 5.74) is 0.447. The largest absolute Gasteiger partial charge is 0.379 e. The Hall–Kier alpha value is -0.840. The third kappa shape index (κ3) is 2.71. The molecule has 0 aliphatic rings. The van der Waals surface area contributed by atoms with Crippen LogP contribution in [0, 0.1) is 0 Å². The lowest BCUT2D eigenvalue weighted by atomic mass is 9.87. The van der Waals surface area contributed by atoms with E-state index in [-0.39, 0.29) is 0 Å². The standard InChI is InChI=1S/C14H16BrClN2O/c1-2-18-13(12(15)10-17-18)14(19,8-9-16)11-6-4-3-5-7-11/h3-7,10,19H,2,8-9H2,1H3. The van der Waals surface area contributed by atoms with Gasteiger partial charge in [0.1, 0.15) is 5.60 Å². The highest BCUT2D eigenvalue weighted by atomic mass is 79.9. The third-order valence-electron chi connectivity index (χ3n) is 3.19. The number of rotatable bonds is 5. The van der Waals surface area contributed by atoms with Gasteiger partial charge in [0.2, 0.25) is 0 Å². The molecule has 0 saturated heterocycles. The van der Waals surface area contributed by atoms with E-state index >= 15 is 0 Å². The van der Waals surface area contributed by atoms with E-state index in [4.69, 9.17) is 11.6 Å². The Morgan fingerprint density at radius 2 is 2.05 bits per heavy atom. The van der Waals surface area contributed by atoms with Crippen LogP contribution in [0.4, 0.5) is 0 Å². The van der Waals surface area contributed by atoms with Gasteiger partial charge in [0, 0.05) is 12.4 Å². The lowest BCUT2D eigenvalue weighted by Gasteiger charge is -2.29. The number of alkyl halides is 1. The molecule has 1 aromatic heterocycles. The van der Waals surface area contributed by atoms with Gasteiger partial charge in [-0.2, -0.15) is 5.10 Å². The average molecular weight is 344 g/mol. The number of aromatic nitrogens is 2. The van der Waals surface area contributed by atoms with Crippen LogP contribution in [-0.4, -0.2) is 20.8 Å². The number of aliphatic hydroxyl groups is 1. The number of hydrogen-bond acceptors (Lipinski definition) is 2. The lowest BCUT2D eigenvalue weighted by molar-refractivity contribution is 0.0669. The molecule has 3 nitrogen and oxygen atoms in total. The van der Waals surface area contributed by atoms with Gasteiger partial charge in [0.15, 0.2) is 0 Å². The molecule has 102 valence electrons. The van der Waals surface area contributed by atoms with Crippen molar-refractivity contribution in [2.45, 2.75) is 25.5 Å². The van der Waals surface area contributed by atoms with Gasteiger partial charge in [-0.3, -0.25) is 4.68 Å². The van der Waals surface area contributed by atoms with Gasteiger partial charge < -0.3 is 5.11 Å². The van der Waals surface area contributed by atoms with E-state index in [1.807, 2.05) is 37.3 Å². The molecular formula is C14H16BrClN2O. The van der Waals surface area contributed by atoms with Crippen molar-refractivity contribution in [3.05, 3.63) is 52.3 Å². The lowest BCUT2D eigenvalue weighted by Crippen LogP contribution is -2.31. The van der Waals surface area contributed by atoms with Crippen LogP contribution in [-0.2, 0) is 12.1 Å². The van der Waals surface area contributed by atoms with Crippen molar-refractivity contribution < 1.29 is 5.11 Å². The van der Waals surface area contributed by atoms with Crippen LogP contribution in [0.15, 0.2) is 41.0 Å². The fourth-order valence-corrected chi connectivity index (χ4v) is 3.16. The number of nitrogens with zero attached hydrogens (tertiary/aromatic N) is 2. The summed E-state index contributed by atoms with van der Waals surface area (Å²) < 4.78 is 2.59. The molecule has 5 heteroatoms. The first-order chi connectivity index (χ1) is 9.13. The van der Waals surface area contributed by atoms with Crippen molar-refractivity contribution in [1.29, 1.82) is 0 Å². The first kappa shape index (κ1) is 14.6. The third-order valence-corrected chi connectivity index (χ3v) is 3.96. The quantitative estimate of drug-likeness (QED) is 0.843. The van der Waals surface area contributed by atoms with Crippen molar-refractivity contribution in [3.8, 4) is 0 Å². The molecule has 1 unspecified atom stereocenters. The SMILES string of the molecule is CCn1ncc(Br)c1C(O)(CCCl)c1ccccc1. The van der Waals surface area contributed by atoms with Gasteiger partial charge in [-0.05, 0) is 34.8 Å². The molecule has 1 aromatic carbocycles. The fourth-order valence-electron chi connectivity index (χ4n) is 2.26. The Morgan fingerprint density at radius 1 is 1.37 bits per heavy atom. The van der Waals surface area contributed by atoms with Crippen molar-refractivity contribution in [2.75, 3.05) is 5.88 Å². The number of halogens is 2. The summed E-state index contributed by atoms with van der Waals surface area (Å²) in [6.45, 7) is 2.69. The van der Waals surface area contributed by atoms with Gasteiger partial charge in [0.05, 0.1) is 16.4 Å². The first-order valence-electron chi connectivity index (χ1n) is 6.19. The van der Waals surface area contributed by atoms with Gasteiger partial charge in [-0.1, -0.05) is 30.3 Å². The molecule has 0 amide bonds. The molecule has 1 N–H and O–H groups in total. The van der Waals surface area contributed by atoms with E-state index in [1.54, 1.807) is 10.9 Å². The van der Waals surface area contributed by atoms with Crippen LogP contribution in [0.25, 0.3) is 0 Å². The number of hydrogen-bond donors (Lipinski definition) is 1. The molecule has 0 aliphatic heterocycles. The Bertz CT molecular complexity index is 544. The van der Waals surface area contributed by atoms with E-state index in [9.17, 15) is 5.11 Å². The zero-order valence-electron chi connectivity index (χ0n) is 10.7. The number of benzene rings is 1. The maximum atomic E-state index is 11.2. The molecule has 2 rings (SSSR count). The Labute approximate surface area is 126 Å². The van der Waals surface area contributed by atoms with E-state index in [0.29, 0.717) is 18.8 Å². The zero-order valence-corrected chi connectivity index (χ0v) is 13.0. The topological polar surface area (TPSA) is 38.0 Å². The minimum Gasteiger partial charge on any atom is -0.379 e. The Balaban J connectivity index is 2.59. The van der Waals surface area contributed by atoms with Crippen molar-refractivity contribution in [1.82, 2.24) is 9.78 Å². The second-order valence-corrected chi connectivity index (χ2v) is 5.55. The smallest absolute Gasteiger partial charge is 0.133 e. The van der Waals surface area contributed by atoms with Crippen molar-refractivity contribution >= 4 is 27.5 Å². The maximum absolute atomic E-state index is 11.2. The first-order valence-corrected chi connectivity index (χ1v) is 7.52. The number of aryl methyl sites for hydroxylation is 1. The monoisotopic (exact) mass is 342 g/mol. The van der Waals surface area contributed by atoms with E-state index < -0.39 is 5.60 Å². The van der Waals surface area contributed by atoms with Gasteiger partial charge in [-0.25, -0.2) is 0 Å². The molecule has 0 saturated carbocycles. The highest BCUT2D eigenvalue weighted by molar-refractivity contribution is 9.10. The van der Waals surface area contributed by atoms with Crippen LogP contribution in [0.3, 0.4) is 0 Å². The molecule has 0 aliphatic carbocycles. The molecule has 0 spiro atoms. The normalized spacial score (nSPS) is 14.3. The molecule has 1 atom stereocenters. The van der Waals surface area contributed by atoms with Gasteiger partial charge >= 0.3 is 0 Å². The Kier molecular flexibility index (Phi) is 4.66. The molecule has 19 heavy (non-hydrogen) atoms. The molecule has 1 heterocycles. The molecule has 0 radical (unpaired) electrons. The van der Waals surface area contributed by atoms with E-state index in [1.165, 1.54) is 0 Å². The summed E-state index contributed by atoms with van der Waals surface area (Å²) in [6.07, 6.45) is 2.14. The average Bonchev–Trinajstić information content (AvgIpc) is 2.81. The minimum absolute atomic E-state index is 0.368. The van der Waals surface area contributed by atoms with Crippen molar-refractivity contribution in [3.63, 3.8) is 0 Å². The summed E-state index contributed by atoms with van der Waals surface area (Å²) in [7, 11) is 0. The van der Waals surface area contributed by atoms with E-state index in [0.717, 1.165) is 15.7 Å². The van der Waals surface area contributed by atoms with Crippen LogP contribution in [0.2, 0.25) is 0 Å². The molecule has 0 fully saturated rings. The highest BCUT2D eigenvalue weighted by Gasteiger charge is 2.36. The Morgan fingerprint density at radius 3 is 2.63 bits per heavy atom. The summed E-state index contributed by atoms with van der Waals surface area (Å²) in [4.78, 5) is 0. The highest BCUT2D eigenvalue weighted by Crippen LogP contribution is 2.37. The van der Waals surface area contributed by atoms with Crippen LogP contribution in [0.5, 0.6) is 0 Å². The second kappa shape index (κ2) is 6.07. The van der Waals surface area contributed by atoms with Crippen LogP contribution in [0.1, 0.15) is 24.6 Å². The van der Waals surface area contributed by atoms with Crippen molar-refractivity contribution in [2.24, 2.45) is 0 Å². The second-order valence-electron chi connectivity index (χ2n) is 4.32. The van der Waals surface area contributed by atoms with Crippen LogP contribution >= 0.6 is 27.5 Å². The summed E-state index contributed by atoms with van der Waals surface area (Å²) in [5.74, 6) is 0.368. The molecule has 2 aromatic rings. The summed E-state index contributed by atoms with van der Waals surface area (Å²) in [6, 6.07) is 9.57. The summed E-state index contributed by atoms with van der Waals surface area (Å²) in [5, 5.41) is 15.4. The molecule has 0 bridgehead atoms. The van der Waals surface area contributed by atoms with Gasteiger partial charge in [-0.15, -0.1) is 11.6 Å². The predicted octanol–water partition coefficient (Wildman–Crippen LogP) is 3.53. The predicted molar refractivity (Wildman–Crippen MR) is 80.4 cm³/mol. The molecular weight excluding hydrogens is 328 g/mol. The van der Waals surface area contributed by atoms with Gasteiger partial charge in [0.25, 0.3) is 0 Å². The van der Waals surface area contributed by atoms with Crippen LogP contribution < -0.4 is 0 Å². The summed E-state index contributed by atoms with van der Waals surface area (Å²) >= 11 is 9.37. The minimum atomic E-state index is -1.13. The zero-order chi connectivity index (χ0) is 13.9.